The van der Waals surface area contributed by atoms with Gasteiger partial charge in [-0.25, -0.2) is 0 Å². The zero-order valence-electron chi connectivity index (χ0n) is 17.1. The molecule has 140 valence electrons. The zero-order valence-corrected chi connectivity index (χ0v) is 17.1. The molecule has 0 N–H and O–H groups in total. The summed E-state index contributed by atoms with van der Waals surface area (Å²) in [5.74, 6) is 0. The van der Waals surface area contributed by atoms with Crippen molar-refractivity contribution >= 4 is 29.5 Å². The zero-order chi connectivity index (χ0) is 19.8. The van der Waals surface area contributed by atoms with Crippen LogP contribution in [0.2, 0.25) is 0 Å². The summed E-state index contributed by atoms with van der Waals surface area (Å²) < 4.78 is 2.28. The predicted molar refractivity (Wildman–Crippen MR) is 123 cm³/mol. The maximum atomic E-state index is 4.38. The molecular formula is C26H31N. The van der Waals surface area contributed by atoms with E-state index in [1.54, 1.807) is 0 Å². The van der Waals surface area contributed by atoms with E-state index >= 15 is 0 Å². The van der Waals surface area contributed by atoms with Crippen molar-refractivity contribution in [1.29, 1.82) is 0 Å². The largest absolute Gasteiger partial charge is 0.310 e. The molecule has 3 rings (SSSR count). The quantitative estimate of drug-likeness (QED) is 0.526. The Bertz CT molecular complexity index is 1050. The van der Waals surface area contributed by atoms with E-state index < -0.39 is 0 Å². The monoisotopic (exact) mass is 357 g/mol. The maximum Gasteiger partial charge on any atom is 0.0531 e. The minimum absolute atomic E-state index is 1.01. The second-order valence-corrected chi connectivity index (χ2v) is 6.24. The number of nitrogens with zero attached hydrogens (tertiary/aromatic N) is 1. The molecule has 1 heteroatoms. The summed E-state index contributed by atoms with van der Waals surface area (Å²) in [6.07, 6.45) is 10.3. The molecule has 2 aromatic carbocycles. The highest BCUT2D eigenvalue weighted by atomic mass is 15.0. The summed E-state index contributed by atoms with van der Waals surface area (Å²) in [5.41, 5.74) is 3.59. The first-order chi connectivity index (χ1) is 13.2. The van der Waals surface area contributed by atoms with Crippen molar-refractivity contribution in [3.8, 4) is 5.69 Å². The van der Waals surface area contributed by atoms with Crippen LogP contribution in [0.15, 0.2) is 61.2 Å². The fourth-order valence-corrected chi connectivity index (χ4v) is 3.41. The number of fused-ring (bicyclic) bond motifs is 1. The Morgan fingerprint density at radius 1 is 1.04 bits per heavy atom. The highest BCUT2D eigenvalue weighted by molar-refractivity contribution is 5.84. The van der Waals surface area contributed by atoms with E-state index in [0.29, 0.717) is 0 Å². The van der Waals surface area contributed by atoms with Crippen molar-refractivity contribution in [2.75, 3.05) is 0 Å². The molecule has 27 heavy (non-hydrogen) atoms. The molecule has 0 atom stereocenters. The first-order valence-electron chi connectivity index (χ1n) is 9.88. The lowest BCUT2D eigenvalue weighted by molar-refractivity contribution is 0.909. The van der Waals surface area contributed by atoms with Gasteiger partial charge in [-0.1, -0.05) is 82.8 Å². The Kier molecular flexibility index (Phi) is 7.43. The van der Waals surface area contributed by atoms with E-state index in [9.17, 15) is 0 Å². The van der Waals surface area contributed by atoms with Gasteiger partial charge in [0, 0.05) is 11.4 Å². The van der Waals surface area contributed by atoms with Gasteiger partial charge < -0.3 is 4.57 Å². The molecule has 1 heterocycles. The summed E-state index contributed by atoms with van der Waals surface area (Å²) in [7, 11) is 0. The third kappa shape index (κ3) is 4.14. The number of hydrogen-bond acceptors (Lipinski definition) is 0. The van der Waals surface area contributed by atoms with E-state index in [1.165, 1.54) is 16.3 Å². The van der Waals surface area contributed by atoms with Gasteiger partial charge in [-0.3, -0.25) is 0 Å². The standard InChI is InChI=1S/C24H25N.C2H6/c1-5-8-14-24-18(4)22(11-6-2)23(7-3)25(24)21-16-15-19-12-9-10-13-20(19)17-21;1-2/h5,7-10,12-17H,3-4,6,11H2,1-2H3;1-2H3/b8-5-,24-14+;. The van der Waals surface area contributed by atoms with Crippen LogP contribution in [0, 0.1) is 0 Å². The topological polar surface area (TPSA) is 4.93 Å². The highest BCUT2D eigenvalue weighted by Gasteiger charge is 2.12. The summed E-state index contributed by atoms with van der Waals surface area (Å²) in [6.45, 7) is 16.7. The van der Waals surface area contributed by atoms with Crippen LogP contribution in [-0.4, -0.2) is 4.57 Å². The Morgan fingerprint density at radius 2 is 1.74 bits per heavy atom. The molecule has 3 aromatic rings. The van der Waals surface area contributed by atoms with Crippen molar-refractivity contribution < 1.29 is 0 Å². The van der Waals surface area contributed by atoms with Crippen molar-refractivity contribution in [3.63, 3.8) is 0 Å². The third-order valence-electron chi connectivity index (χ3n) is 4.60. The molecule has 0 saturated carbocycles. The van der Waals surface area contributed by atoms with Gasteiger partial charge in [0.25, 0.3) is 0 Å². The molecule has 0 bridgehead atoms. The molecule has 0 aliphatic carbocycles. The Hall–Kier alpha value is -2.80. The number of hydrogen-bond donors (Lipinski definition) is 0. The molecular weight excluding hydrogens is 326 g/mol. The molecule has 0 spiro atoms. The van der Waals surface area contributed by atoms with E-state index in [1.807, 2.05) is 32.9 Å². The molecule has 0 aliphatic rings. The third-order valence-corrected chi connectivity index (χ3v) is 4.60. The highest BCUT2D eigenvalue weighted by Crippen LogP contribution is 2.20. The SMILES string of the molecule is C=Cc1c(CCC)c(=C)/c(=C\C=C/C)n1-c1ccc2ccccc2c1.CC. The van der Waals surface area contributed by atoms with E-state index in [4.69, 9.17) is 0 Å². The van der Waals surface area contributed by atoms with Crippen molar-refractivity contribution in [1.82, 2.24) is 4.57 Å². The molecule has 1 aromatic heterocycles. The first-order valence-corrected chi connectivity index (χ1v) is 9.88. The van der Waals surface area contributed by atoms with Crippen molar-refractivity contribution in [2.24, 2.45) is 0 Å². The molecule has 1 nitrogen and oxygen atoms in total. The van der Waals surface area contributed by atoms with Crippen LogP contribution in [0.25, 0.3) is 35.2 Å². The van der Waals surface area contributed by atoms with Crippen molar-refractivity contribution in [2.45, 2.75) is 40.5 Å². The van der Waals surface area contributed by atoms with Gasteiger partial charge in [0.05, 0.1) is 5.35 Å². The van der Waals surface area contributed by atoms with Gasteiger partial charge >= 0.3 is 0 Å². The van der Waals surface area contributed by atoms with Crippen LogP contribution < -0.4 is 10.6 Å². The molecule has 0 fully saturated rings. The van der Waals surface area contributed by atoms with Gasteiger partial charge in [-0.15, -0.1) is 0 Å². The van der Waals surface area contributed by atoms with Crippen LogP contribution in [0.3, 0.4) is 0 Å². The average molecular weight is 358 g/mol. The van der Waals surface area contributed by atoms with Crippen molar-refractivity contribution in [3.05, 3.63) is 83.0 Å². The smallest absolute Gasteiger partial charge is 0.0531 e. The lowest BCUT2D eigenvalue weighted by Crippen LogP contribution is -2.28. The van der Waals surface area contributed by atoms with Crippen LogP contribution in [-0.2, 0) is 6.42 Å². The van der Waals surface area contributed by atoms with Crippen LogP contribution in [0.5, 0.6) is 0 Å². The second-order valence-electron chi connectivity index (χ2n) is 6.24. The summed E-state index contributed by atoms with van der Waals surface area (Å²) in [6, 6.07) is 15.1. The number of benzene rings is 2. The minimum atomic E-state index is 1.01. The van der Waals surface area contributed by atoms with E-state index in [2.05, 4.69) is 79.3 Å². The maximum absolute atomic E-state index is 4.38. The van der Waals surface area contributed by atoms with Gasteiger partial charge in [0.1, 0.15) is 0 Å². The Labute approximate surface area is 163 Å². The molecule has 0 aliphatic heterocycles. The first kappa shape index (κ1) is 20.5. The molecule has 0 radical (unpaired) electrons. The second kappa shape index (κ2) is 9.78. The average Bonchev–Trinajstić information content (AvgIpc) is 2.99. The van der Waals surface area contributed by atoms with Gasteiger partial charge in [-0.05, 0) is 59.2 Å². The van der Waals surface area contributed by atoms with E-state index in [0.717, 1.165) is 34.8 Å². The minimum Gasteiger partial charge on any atom is -0.310 e. The fraction of sp³-hybridized carbons (Fsp3) is 0.231. The van der Waals surface area contributed by atoms with Crippen LogP contribution in [0.1, 0.15) is 45.4 Å². The normalized spacial score (nSPS) is 11.6. The lowest BCUT2D eigenvalue weighted by Gasteiger charge is -2.10. The van der Waals surface area contributed by atoms with Gasteiger partial charge in [0.15, 0.2) is 0 Å². The van der Waals surface area contributed by atoms with Crippen LogP contribution in [0.4, 0.5) is 0 Å². The number of aromatic nitrogens is 1. The Morgan fingerprint density at radius 3 is 2.37 bits per heavy atom. The fourth-order valence-electron chi connectivity index (χ4n) is 3.41. The predicted octanol–water partition coefficient (Wildman–Crippen LogP) is 6.02. The number of allylic oxidation sites excluding steroid dienone is 2. The lowest BCUT2D eigenvalue weighted by atomic mass is 10.1. The van der Waals surface area contributed by atoms with Gasteiger partial charge in [0.2, 0.25) is 0 Å². The summed E-state index contributed by atoms with van der Waals surface area (Å²) >= 11 is 0. The van der Waals surface area contributed by atoms with Gasteiger partial charge in [-0.2, -0.15) is 0 Å². The Balaban J connectivity index is 0.00000126. The molecule has 0 unspecified atom stereocenters. The van der Waals surface area contributed by atoms with E-state index in [-0.39, 0.29) is 0 Å². The summed E-state index contributed by atoms with van der Waals surface area (Å²) in [4.78, 5) is 0. The molecule has 0 amide bonds. The van der Waals surface area contributed by atoms with Crippen LogP contribution >= 0.6 is 0 Å². The summed E-state index contributed by atoms with van der Waals surface area (Å²) in [5, 5.41) is 4.72. The number of rotatable bonds is 5. The molecule has 0 saturated heterocycles.